The molecule has 0 saturated heterocycles. The number of ether oxygens (including phenoxy) is 1. The third-order valence-electron chi connectivity index (χ3n) is 3.81. The van der Waals surface area contributed by atoms with Crippen LogP contribution in [0.5, 0.6) is 11.5 Å². The SMILES string of the molecule is COc1ccccc1N=Nc1c(O)ccc2ccc(N(C)C)cc12. The number of benzene rings is 3. The lowest BCUT2D eigenvalue weighted by molar-refractivity contribution is 0.416. The van der Waals surface area contributed by atoms with Crippen molar-refractivity contribution in [2.45, 2.75) is 0 Å². The summed E-state index contributed by atoms with van der Waals surface area (Å²) in [6.07, 6.45) is 0. The van der Waals surface area contributed by atoms with Gasteiger partial charge in [0.05, 0.1) is 7.11 Å². The average molecular weight is 321 g/mol. The molecule has 0 aliphatic heterocycles. The molecule has 0 aromatic heterocycles. The largest absolute Gasteiger partial charge is 0.506 e. The third-order valence-corrected chi connectivity index (χ3v) is 3.81. The van der Waals surface area contributed by atoms with E-state index in [9.17, 15) is 5.11 Å². The Morgan fingerprint density at radius 3 is 2.46 bits per heavy atom. The zero-order valence-corrected chi connectivity index (χ0v) is 13.9. The fraction of sp³-hybridized carbons (Fsp3) is 0.158. The molecule has 0 aliphatic carbocycles. The van der Waals surface area contributed by atoms with E-state index in [0.717, 1.165) is 16.5 Å². The van der Waals surface area contributed by atoms with Gasteiger partial charge in [-0.2, -0.15) is 0 Å². The number of aromatic hydroxyl groups is 1. The van der Waals surface area contributed by atoms with Crippen LogP contribution in [0.2, 0.25) is 0 Å². The first kappa shape index (κ1) is 15.8. The molecule has 5 heteroatoms. The predicted octanol–water partition coefficient (Wildman–Crippen LogP) is 5.04. The lowest BCUT2D eigenvalue weighted by Crippen LogP contribution is -2.07. The summed E-state index contributed by atoms with van der Waals surface area (Å²) >= 11 is 0. The van der Waals surface area contributed by atoms with E-state index in [4.69, 9.17) is 4.74 Å². The minimum atomic E-state index is 0.0945. The Labute approximate surface area is 140 Å². The Morgan fingerprint density at radius 2 is 1.71 bits per heavy atom. The number of hydrogen-bond donors (Lipinski definition) is 1. The van der Waals surface area contributed by atoms with Gasteiger partial charge >= 0.3 is 0 Å². The summed E-state index contributed by atoms with van der Waals surface area (Å²) < 4.78 is 5.28. The lowest BCUT2D eigenvalue weighted by atomic mass is 10.1. The van der Waals surface area contributed by atoms with Gasteiger partial charge in [-0.3, -0.25) is 0 Å². The van der Waals surface area contributed by atoms with E-state index in [-0.39, 0.29) is 5.75 Å². The van der Waals surface area contributed by atoms with E-state index in [1.165, 1.54) is 0 Å². The van der Waals surface area contributed by atoms with Gasteiger partial charge in [0.25, 0.3) is 0 Å². The zero-order chi connectivity index (χ0) is 17.1. The van der Waals surface area contributed by atoms with Gasteiger partial charge in [0.15, 0.2) is 0 Å². The summed E-state index contributed by atoms with van der Waals surface area (Å²) in [7, 11) is 5.53. The smallest absolute Gasteiger partial charge is 0.146 e. The number of hydrogen-bond acceptors (Lipinski definition) is 5. The molecule has 3 aromatic carbocycles. The minimum absolute atomic E-state index is 0.0945. The van der Waals surface area contributed by atoms with Gasteiger partial charge < -0.3 is 14.7 Å². The second-order valence-corrected chi connectivity index (χ2v) is 5.61. The van der Waals surface area contributed by atoms with E-state index in [0.29, 0.717) is 17.1 Å². The van der Waals surface area contributed by atoms with Crippen LogP contribution in [0, 0.1) is 0 Å². The fourth-order valence-electron chi connectivity index (χ4n) is 2.48. The van der Waals surface area contributed by atoms with Crippen molar-refractivity contribution in [3.05, 3.63) is 54.6 Å². The Bertz CT molecular complexity index is 904. The molecule has 0 unspecified atom stereocenters. The van der Waals surface area contributed by atoms with Crippen molar-refractivity contribution >= 4 is 27.8 Å². The monoisotopic (exact) mass is 321 g/mol. The molecule has 0 atom stereocenters. The summed E-state index contributed by atoms with van der Waals surface area (Å²) in [5.74, 6) is 0.729. The molecule has 0 fully saturated rings. The highest BCUT2D eigenvalue weighted by molar-refractivity contribution is 5.97. The minimum Gasteiger partial charge on any atom is -0.506 e. The van der Waals surface area contributed by atoms with E-state index in [1.54, 1.807) is 13.2 Å². The predicted molar refractivity (Wildman–Crippen MR) is 97.1 cm³/mol. The highest BCUT2D eigenvalue weighted by Gasteiger charge is 2.09. The zero-order valence-electron chi connectivity index (χ0n) is 13.9. The molecular formula is C19H19N3O2. The molecule has 5 nitrogen and oxygen atoms in total. The first-order valence-electron chi connectivity index (χ1n) is 7.58. The molecule has 24 heavy (non-hydrogen) atoms. The van der Waals surface area contributed by atoms with Gasteiger partial charge in [0.2, 0.25) is 0 Å². The summed E-state index contributed by atoms with van der Waals surface area (Å²) in [5.41, 5.74) is 2.09. The van der Waals surface area contributed by atoms with E-state index in [2.05, 4.69) is 10.2 Å². The van der Waals surface area contributed by atoms with E-state index in [1.807, 2.05) is 67.5 Å². The molecule has 3 rings (SSSR count). The van der Waals surface area contributed by atoms with Gasteiger partial charge in [-0.05, 0) is 35.7 Å². The summed E-state index contributed by atoms with van der Waals surface area (Å²) in [6.45, 7) is 0. The van der Waals surface area contributed by atoms with Gasteiger partial charge in [-0.15, -0.1) is 10.2 Å². The second kappa shape index (κ2) is 6.58. The molecule has 0 radical (unpaired) electrons. The number of para-hydroxylation sites is 1. The second-order valence-electron chi connectivity index (χ2n) is 5.61. The number of phenols is 1. The Kier molecular flexibility index (Phi) is 4.33. The number of nitrogens with zero attached hydrogens (tertiary/aromatic N) is 3. The van der Waals surface area contributed by atoms with Crippen molar-refractivity contribution in [3.8, 4) is 11.5 Å². The van der Waals surface area contributed by atoms with E-state index < -0.39 is 0 Å². The van der Waals surface area contributed by atoms with Crippen LogP contribution in [0.4, 0.5) is 17.1 Å². The van der Waals surface area contributed by atoms with E-state index >= 15 is 0 Å². The number of phenolic OH excluding ortho intramolecular Hbond substituents is 1. The number of azo groups is 1. The number of methoxy groups -OCH3 is 1. The Morgan fingerprint density at radius 1 is 0.958 bits per heavy atom. The van der Waals surface area contributed by atoms with Crippen molar-refractivity contribution in [1.82, 2.24) is 0 Å². The first-order valence-corrected chi connectivity index (χ1v) is 7.58. The topological polar surface area (TPSA) is 57.4 Å². The number of anilines is 1. The summed E-state index contributed by atoms with van der Waals surface area (Å²) in [5, 5.41) is 20.6. The van der Waals surface area contributed by atoms with Gasteiger partial charge in [0.1, 0.15) is 22.9 Å². The number of fused-ring (bicyclic) bond motifs is 1. The number of rotatable bonds is 4. The van der Waals surface area contributed by atoms with Crippen LogP contribution in [0.15, 0.2) is 64.8 Å². The molecule has 0 saturated carbocycles. The third kappa shape index (κ3) is 3.01. The molecule has 0 amide bonds. The van der Waals surface area contributed by atoms with Crippen LogP contribution in [-0.2, 0) is 0 Å². The lowest BCUT2D eigenvalue weighted by Gasteiger charge is -2.14. The quantitative estimate of drug-likeness (QED) is 0.685. The van der Waals surface area contributed by atoms with Crippen molar-refractivity contribution in [2.75, 3.05) is 26.1 Å². The summed E-state index contributed by atoms with van der Waals surface area (Å²) in [4.78, 5) is 2.00. The normalized spacial score (nSPS) is 11.1. The Balaban J connectivity index is 2.12. The van der Waals surface area contributed by atoms with Gasteiger partial charge in [0, 0.05) is 25.2 Å². The molecule has 122 valence electrons. The van der Waals surface area contributed by atoms with Crippen molar-refractivity contribution < 1.29 is 9.84 Å². The Hall–Kier alpha value is -3.08. The van der Waals surface area contributed by atoms with Crippen LogP contribution < -0.4 is 9.64 Å². The first-order chi connectivity index (χ1) is 11.6. The van der Waals surface area contributed by atoms with Crippen molar-refractivity contribution in [1.29, 1.82) is 0 Å². The highest BCUT2D eigenvalue weighted by atomic mass is 16.5. The van der Waals surface area contributed by atoms with Crippen molar-refractivity contribution in [2.24, 2.45) is 10.2 Å². The van der Waals surface area contributed by atoms with Crippen molar-refractivity contribution in [3.63, 3.8) is 0 Å². The molecule has 3 aromatic rings. The van der Waals surface area contributed by atoms with Crippen LogP contribution in [0.25, 0.3) is 10.8 Å². The van der Waals surface area contributed by atoms with Crippen LogP contribution >= 0.6 is 0 Å². The molecule has 0 aliphatic rings. The molecule has 0 spiro atoms. The standard InChI is InChI=1S/C19H19N3O2/c1-22(2)14-10-8-13-9-11-17(23)19(15(13)12-14)21-20-16-6-4-5-7-18(16)24-3/h4-12,23H,1-3H3. The molecule has 0 bridgehead atoms. The highest BCUT2D eigenvalue weighted by Crippen LogP contribution is 2.38. The average Bonchev–Trinajstić information content (AvgIpc) is 2.60. The summed E-state index contributed by atoms with van der Waals surface area (Å²) in [6, 6.07) is 16.9. The molecule has 0 heterocycles. The molecular weight excluding hydrogens is 302 g/mol. The fourth-order valence-corrected chi connectivity index (χ4v) is 2.48. The maximum absolute atomic E-state index is 10.2. The van der Waals surface area contributed by atoms with Gasteiger partial charge in [-0.1, -0.05) is 24.3 Å². The van der Waals surface area contributed by atoms with Crippen LogP contribution in [0.3, 0.4) is 0 Å². The maximum Gasteiger partial charge on any atom is 0.146 e. The van der Waals surface area contributed by atoms with Crippen LogP contribution in [0.1, 0.15) is 0 Å². The van der Waals surface area contributed by atoms with Crippen LogP contribution in [-0.4, -0.2) is 26.3 Å². The van der Waals surface area contributed by atoms with Gasteiger partial charge in [-0.25, -0.2) is 0 Å². The maximum atomic E-state index is 10.2. The molecule has 1 N–H and O–H groups in total.